The van der Waals surface area contributed by atoms with Gasteiger partial charge in [-0.1, -0.05) is 49.7 Å². The molecule has 4 rings (SSSR count). The molecular formula is C24H29ClN4O3S. The van der Waals surface area contributed by atoms with Gasteiger partial charge in [0.15, 0.2) is 0 Å². The van der Waals surface area contributed by atoms with E-state index in [0.29, 0.717) is 17.1 Å². The molecule has 33 heavy (non-hydrogen) atoms. The van der Waals surface area contributed by atoms with Crippen LogP contribution in [0.1, 0.15) is 43.9 Å². The number of fused-ring (bicyclic) bond motifs is 1. The number of aliphatic imine (C=N–C) groups is 1. The Bertz CT molecular complexity index is 1160. The van der Waals surface area contributed by atoms with Crippen molar-refractivity contribution < 1.29 is 13.2 Å². The highest BCUT2D eigenvalue weighted by atomic mass is 35.5. The van der Waals surface area contributed by atoms with E-state index in [1.165, 1.54) is 6.07 Å². The number of likely N-dealkylation sites (tertiary alicyclic amines) is 1. The Morgan fingerprint density at radius 1 is 1.15 bits per heavy atom. The fourth-order valence-corrected chi connectivity index (χ4v) is 5.84. The minimum Gasteiger partial charge on any atom is -0.352 e. The van der Waals surface area contributed by atoms with Gasteiger partial charge in [-0.2, -0.15) is 0 Å². The first-order valence-electron chi connectivity index (χ1n) is 11.2. The summed E-state index contributed by atoms with van der Waals surface area (Å²) in [5.74, 6) is -0.135. The van der Waals surface area contributed by atoms with Gasteiger partial charge >= 0.3 is 0 Å². The van der Waals surface area contributed by atoms with Crippen LogP contribution in [0.4, 0.5) is 0 Å². The molecule has 1 unspecified atom stereocenters. The van der Waals surface area contributed by atoms with Crippen LogP contribution >= 0.6 is 11.6 Å². The van der Waals surface area contributed by atoms with Crippen LogP contribution in [0.5, 0.6) is 0 Å². The van der Waals surface area contributed by atoms with Crippen molar-refractivity contribution in [2.75, 3.05) is 19.6 Å². The van der Waals surface area contributed by atoms with Crippen LogP contribution in [0.15, 0.2) is 58.4 Å². The van der Waals surface area contributed by atoms with Crippen molar-refractivity contribution in [2.24, 2.45) is 10.9 Å². The van der Waals surface area contributed by atoms with Crippen LogP contribution in [-0.4, -0.2) is 50.7 Å². The lowest BCUT2D eigenvalue weighted by atomic mass is 10.0. The predicted octanol–water partition coefficient (Wildman–Crippen LogP) is 3.36. The number of nitrogens with zero attached hydrogens (tertiary/aromatic N) is 2. The van der Waals surface area contributed by atoms with Crippen molar-refractivity contribution in [1.29, 1.82) is 0 Å². The number of halogens is 1. The van der Waals surface area contributed by atoms with Crippen molar-refractivity contribution in [3.05, 3.63) is 64.7 Å². The molecule has 0 bridgehead atoms. The zero-order valence-electron chi connectivity index (χ0n) is 18.8. The fourth-order valence-electron chi connectivity index (χ4n) is 4.41. The van der Waals surface area contributed by atoms with Gasteiger partial charge in [-0.15, -0.1) is 0 Å². The van der Waals surface area contributed by atoms with Gasteiger partial charge in [-0.3, -0.25) is 19.4 Å². The van der Waals surface area contributed by atoms with E-state index >= 15 is 0 Å². The molecule has 2 heterocycles. The second-order valence-electron chi connectivity index (χ2n) is 8.83. The van der Waals surface area contributed by atoms with Crippen LogP contribution in [0, 0.1) is 5.92 Å². The van der Waals surface area contributed by atoms with Crippen LogP contribution in [0.2, 0.25) is 5.02 Å². The van der Waals surface area contributed by atoms with Crippen LogP contribution in [0.25, 0.3) is 0 Å². The van der Waals surface area contributed by atoms with E-state index in [-0.39, 0.29) is 28.6 Å². The highest BCUT2D eigenvalue weighted by Crippen LogP contribution is 2.27. The zero-order valence-corrected chi connectivity index (χ0v) is 20.4. The molecule has 0 aromatic heterocycles. The minimum absolute atomic E-state index is 0.0151. The summed E-state index contributed by atoms with van der Waals surface area (Å²) in [6.45, 7) is 6.18. The molecule has 2 aromatic rings. The predicted molar refractivity (Wildman–Crippen MR) is 130 cm³/mol. The molecule has 2 atom stereocenters. The lowest BCUT2D eigenvalue weighted by Gasteiger charge is -2.29. The molecule has 0 saturated carbocycles. The number of hydrogen-bond donors (Lipinski definition) is 2. The first kappa shape index (κ1) is 23.7. The lowest BCUT2D eigenvalue weighted by Crippen LogP contribution is -2.43. The molecule has 2 aliphatic heterocycles. The smallest absolute Gasteiger partial charge is 0.263 e. The third kappa shape index (κ3) is 5.23. The average Bonchev–Trinajstić information content (AvgIpc) is 3.39. The number of amides is 1. The number of sulfonamides is 1. The highest BCUT2D eigenvalue weighted by Gasteiger charge is 2.33. The molecule has 2 aromatic carbocycles. The fraction of sp³-hybridized carbons (Fsp3) is 0.417. The summed E-state index contributed by atoms with van der Waals surface area (Å²) in [7, 11) is -3.66. The summed E-state index contributed by atoms with van der Waals surface area (Å²) in [5.41, 5.74) is 1.56. The second kappa shape index (κ2) is 9.83. The Hall–Kier alpha value is -2.42. The van der Waals surface area contributed by atoms with Gasteiger partial charge in [0.25, 0.3) is 10.0 Å². The van der Waals surface area contributed by atoms with E-state index in [0.717, 1.165) is 31.5 Å². The van der Waals surface area contributed by atoms with Gasteiger partial charge in [0.2, 0.25) is 5.91 Å². The normalized spacial score (nSPS) is 20.4. The molecule has 2 N–H and O–H groups in total. The minimum atomic E-state index is -3.66. The first-order chi connectivity index (χ1) is 15.8. The number of carbonyl (C=O) groups is 1. The zero-order chi connectivity index (χ0) is 23.6. The summed E-state index contributed by atoms with van der Waals surface area (Å²) in [5, 5.41) is 3.74. The average molecular weight is 489 g/mol. The van der Waals surface area contributed by atoms with Crippen LogP contribution < -0.4 is 10.0 Å². The molecular weight excluding hydrogens is 460 g/mol. The van der Waals surface area contributed by atoms with Crippen molar-refractivity contribution in [3.8, 4) is 0 Å². The second-order valence-corrected chi connectivity index (χ2v) is 10.9. The van der Waals surface area contributed by atoms with E-state index in [9.17, 15) is 13.2 Å². The maximum atomic E-state index is 13.2. The van der Waals surface area contributed by atoms with Gasteiger partial charge in [-0.05, 0) is 61.7 Å². The number of hydrogen-bond acceptors (Lipinski definition) is 5. The van der Waals surface area contributed by atoms with E-state index in [1.807, 2.05) is 38.1 Å². The van der Waals surface area contributed by atoms with Gasteiger partial charge in [0.1, 0.15) is 11.9 Å². The van der Waals surface area contributed by atoms with E-state index in [4.69, 9.17) is 11.6 Å². The van der Waals surface area contributed by atoms with Gasteiger partial charge in [0, 0.05) is 17.1 Å². The van der Waals surface area contributed by atoms with Crippen molar-refractivity contribution in [3.63, 3.8) is 0 Å². The largest absolute Gasteiger partial charge is 0.352 e. The Morgan fingerprint density at radius 2 is 1.88 bits per heavy atom. The topological polar surface area (TPSA) is 90.9 Å². The van der Waals surface area contributed by atoms with Gasteiger partial charge < -0.3 is 5.32 Å². The van der Waals surface area contributed by atoms with Crippen molar-refractivity contribution in [2.45, 2.75) is 43.7 Å². The van der Waals surface area contributed by atoms with Crippen LogP contribution in [-0.2, 0) is 14.8 Å². The van der Waals surface area contributed by atoms with E-state index < -0.39 is 16.1 Å². The SMILES string of the molecule is CC(C)[C@H](N=C1NS(=O)(=O)c2ccccc21)C(=O)NCC(c1cccc(Cl)c1)N1CCCC1. The van der Waals surface area contributed by atoms with Crippen molar-refractivity contribution in [1.82, 2.24) is 14.9 Å². The third-order valence-electron chi connectivity index (χ3n) is 6.12. The maximum Gasteiger partial charge on any atom is 0.263 e. The van der Waals surface area contributed by atoms with Gasteiger partial charge in [0.05, 0.1) is 10.9 Å². The summed E-state index contributed by atoms with van der Waals surface area (Å²) >= 11 is 6.23. The molecule has 0 radical (unpaired) electrons. The molecule has 0 aliphatic carbocycles. The number of carbonyl (C=O) groups excluding carboxylic acids is 1. The highest BCUT2D eigenvalue weighted by molar-refractivity contribution is 7.90. The molecule has 2 aliphatic rings. The Balaban J connectivity index is 1.54. The summed E-state index contributed by atoms with van der Waals surface area (Å²) in [4.78, 5) is 20.3. The third-order valence-corrected chi connectivity index (χ3v) is 7.75. The number of amidine groups is 1. The molecule has 9 heteroatoms. The summed E-state index contributed by atoms with van der Waals surface area (Å²) in [6, 6.07) is 13.7. The number of nitrogens with one attached hydrogen (secondary N) is 2. The van der Waals surface area contributed by atoms with E-state index in [1.54, 1.807) is 18.2 Å². The summed E-state index contributed by atoms with van der Waals surface area (Å²) < 4.78 is 27.3. The summed E-state index contributed by atoms with van der Waals surface area (Å²) in [6.07, 6.45) is 2.26. The Kier molecular flexibility index (Phi) is 7.07. The quantitative estimate of drug-likeness (QED) is 0.625. The lowest BCUT2D eigenvalue weighted by molar-refractivity contribution is -0.123. The molecule has 1 saturated heterocycles. The standard InChI is InChI=1S/C24H29ClN4O3S/c1-16(2)22(27-23-19-10-3-4-11-21(19)33(31,32)28-23)24(30)26-15-20(29-12-5-6-13-29)17-8-7-9-18(25)14-17/h3-4,7-11,14,16,20,22H,5-6,12-13,15H2,1-2H3,(H,26,30)(H,27,28)/t20?,22-/m0/s1. The molecule has 1 fully saturated rings. The molecule has 7 nitrogen and oxygen atoms in total. The van der Waals surface area contributed by atoms with E-state index in [2.05, 4.69) is 19.9 Å². The molecule has 0 spiro atoms. The monoisotopic (exact) mass is 488 g/mol. The number of benzene rings is 2. The first-order valence-corrected chi connectivity index (χ1v) is 13.1. The maximum absolute atomic E-state index is 13.2. The molecule has 1 amide bonds. The molecule has 176 valence electrons. The van der Waals surface area contributed by atoms with Gasteiger partial charge in [-0.25, -0.2) is 8.42 Å². The Labute approximate surface area is 200 Å². The van der Waals surface area contributed by atoms with Crippen LogP contribution in [0.3, 0.4) is 0 Å². The number of rotatable bonds is 7. The van der Waals surface area contributed by atoms with Crippen molar-refractivity contribution >= 4 is 33.4 Å². The Morgan fingerprint density at radius 3 is 2.58 bits per heavy atom.